The van der Waals surface area contributed by atoms with Crippen LogP contribution in [0, 0.1) is 20.2 Å². The molecule has 0 bridgehead atoms. The summed E-state index contributed by atoms with van der Waals surface area (Å²) in [6.45, 7) is 0. The molecule has 3 rings (SSSR count). The molecule has 0 spiro atoms. The SMILES string of the molecule is O=[N+]([O-])c1ccc(-c2sc(NS(=O)(=O)C(F)(F)F)nc2-c2ccccc2)c([N+](=O)[O-])c1. The molecule has 1 aromatic heterocycles. The predicted molar refractivity (Wildman–Crippen MR) is 105 cm³/mol. The molecule has 0 saturated carbocycles. The van der Waals surface area contributed by atoms with Crippen molar-refractivity contribution >= 4 is 37.9 Å². The lowest BCUT2D eigenvalue weighted by molar-refractivity contribution is -0.393. The highest BCUT2D eigenvalue weighted by Gasteiger charge is 2.46. The van der Waals surface area contributed by atoms with E-state index in [1.54, 1.807) is 18.2 Å². The monoisotopic (exact) mass is 474 g/mol. The molecule has 0 unspecified atom stereocenters. The Bertz CT molecular complexity index is 1280. The molecule has 0 radical (unpaired) electrons. The minimum absolute atomic E-state index is 0.0394. The molecule has 0 saturated heterocycles. The highest BCUT2D eigenvalue weighted by molar-refractivity contribution is 7.93. The van der Waals surface area contributed by atoms with Crippen molar-refractivity contribution in [2.45, 2.75) is 5.51 Å². The second kappa shape index (κ2) is 7.92. The quantitative estimate of drug-likeness (QED) is 0.407. The molecule has 31 heavy (non-hydrogen) atoms. The molecule has 0 fully saturated rings. The van der Waals surface area contributed by atoms with Gasteiger partial charge >= 0.3 is 15.5 Å². The normalized spacial score (nSPS) is 11.8. The van der Waals surface area contributed by atoms with E-state index in [1.807, 2.05) is 0 Å². The minimum Gasteiger partial charge on any atom is -0.258 e. The summed E-state index contributed by atoms with van der Waals surface area (Å²) in [7, 11) is -5.79. The Kier molecular flexibility index (Phi) is 5.64. The average Bonchev–Trinajstić information content (AvgIpc) is 3.10. The van der Waals surface area contributed by atoms with E-state index in [1.165, 1.54) is 16.9 Å². The minimum atomic E-state index is -5.79. The largest absolute Gasteiger partial charge is 0.516 e. The number of hydrogen-bond donors (Lipinski definition) is 1. The molecule has 1 heterocycles. The first kappa shape index (κ1) is 22.1. The number of nitrogens with one attached hydrogen (secondary N) is 1. The molecule has 0 amide bonds. The van der Waals surface area contributed by atoms with Crippen molar-refractivity contribution in [1.82, 2.24) is 4.98 Å². The third-order valence-corrected chi connectivity index (χ3v) is 6.04. The van der Waals surface area contributed by atoms with Gasteiger partial charge in [-0.2, -0.15) is 21.6 Å². The fraction of sp³-hybridized carbons (Fsp3) is 0.0625. The maximum atomic E-state index is 12.7. The molecule has 10 nitrogen and oxygen atoms in total. The van der Waals surface area contributed by atoms with E-state index in [4.69, 9.17) is 0 Å². The standard InChI is InChI=1S/C16H9F3N4O6S2/c17-16(18,19)31(28,29)21-15-20-13(9-4-2-1-3-5-9)14(30-15)11-7-6-10(22(24)25)8-12(11)23(26)27/h1-8H,(H,20,21). The van der Waals surface area contributed by atoms with Gasteiger partial charge in [0.25, 0.3) is 11.4 Å². The van der Waals surface area contributed by atoms with Gasteiger partial charge in [-0.15, -0.1) is 0 Å². The summed E-state index contributed by atoms with van der Waals surface area (Å²) < 4.78 is 62.4. The van der Waals surface area contributed by atoms with Crippen LogP contribution in [0.4, 0.5) is 29.7 Å². The van der Waals surface area contributed by atoms with Gasteiger partial charge in [-0.1, -0.05) is 41.7 Å². The molecule has 162 valence electrons. The van der Waals surface area contributed by atoms with E-state index >= 15 is 0 Å². The zero-order valence-electron chi connectivity index (χ0n) is 14.9. The summed E-state index contributed by atoms with van der Waals surface area (Å²) in [6.07, 6.45) is 0. The van der Waals surface area contributed by atoms with E-state index in [0.717, 1.165) is 12.1 Å². The summed E-state index contributed by atoms with van der Waals surface area (Å²) in [4.78, 5) is 24.5. The van der Waals surface area contributed by atoms with Gasteiger partial charge in [0.2, 0.25) is 0 Å². The first-order chi connectivity index (χ1) is 14.4. The van der Waals surface area contributed by atoms with Crippen molar-refractivity contribution < 1.29 is 31.4 Å². The molecule has 0 atom stereocenters. The predicted octanol–water partition coefficient (Wildman–Crippen LogP) is 4.56. The zero-order valence-corrected chi connectivity index (χ0v) is 16.5. The number of benzene rings is 2. The summed E-state index contributed by atoms with van der Waals surface area (Å²) in [5, 5.41) is 21.8. The smallest absolute Gasteiger partial charge is 0.258 e. The van der Waals surface area contributed by atoms with E-state index in [2.05, 4.69) is 4.98 Å². The second-order valence-electron chi connectivity index (χ2n) is 5.83. The number of thiazole rings is 1. The number of nitro benzene ring substituents is 2. The Balaban J connectivity index is 2.24. The van der Waals surface area contributed by atoms with Crippen molar-refractivity contribution in [3.63, 3.8) is 0 Å². The number of hydrogen-bond acceptors (Lipinski definition) is 8. The van der Waals surface area contributed by atoms with E-state index in [0.29, 0.717) is 23.0 Å². The highest BCUT2D eigenvalue weighted by Crippen LogP contribution is 2.44. The van der Waals surface area contributed by atoms with Crippen LogP contribution in [-0.2, 0) is 10.0 Å². The van der Waals surface area contributed by atoms with Crippen LogP contribution in [0.5, 0.6) is 0 Å². The molecular weight excluding hydrogens is 465 g/mol. The molecule has 0 aliphatic carbocycles. The van der Waals surface area contributed by atoms with Crippen LogP contribution in [0.1, 0.15) is 0 Å². The zero-order chi connectivity index (χ0) is 23.0. The van der Waals surface area contributed by atoms with Gasteiger partial charge in [-0.05, 0) is 6.07 Å². The number of sulfonamides is 1. The van der Waals surface area contributed by atoms with Gasteiger partial charge in [0.15, 0.2) is 5.13 Å². The molecule has 15 heteroatoms. The van der Waals surface area contributed by atoms with Crippen molar-refractivity contribution in [3.8, 4) is 21.7 Å². The molecule has 2 aromatic carbocycles. The molecule has 0 aliphatic rings. The van der Waals surface area contributed by atoms with Crippen LogP contribution in [0.2, 0.25) is 0 Å². The Hall–Kier alpha value is -3.59. The van der Waals surface area contributed by atoms with E-state index in [9.17, 15) is 41.8 Å². The van der Waals surface area contributed by atoms with Crippen LogP contribution in [0.3, 0.4) is 0 Å². The number of alkyl halides is 3. The number of nitrogens with zero attached hydrogens (tertiary/aromatic N) is 3. The first-order valence-electron chi connectivity index (χ1n) is 7.99. The number of non-ortho nitro benzene ring substituents is 1. The van der Waals surface area contributed by atoms with Crippen molar-refractivity contribution in [2.24, 2.45) is 0 Å². The fourth-order valence-electron chi connectivity index (χ4n) is 2.49. The Morgan fingerprint density at radius 1 is 1.00 bits per heavy atom. The van der Waals surface area contributed by atoms with Gasteiger partial charge < -0.3 is 0 Å². The molecule has 3 aromatic rings. The number of nitro groups is 2. The van der Waals surface area contributed by atoms with Gasteiger partial charge in [0.05, 0.1) is 32.0 Å². The van der Waals surface area contributed by atoms with E-state index < -0.39 is 41.9 Å². The third kappa shape index (κ3) is 4.46. The summed E-state index contributed by atoms with van der Waals surface area (Å²) in [5.41, 5.74) is -6.75. The third-order valence-electron chi connectivity index (χ3n) is 3.83. The van der Waals surface area contributed by atoms with Gasteiger partial charge in [0.1, 0.15) is 0 Å². The highest BCUT2D eigenvalue weighted by atomic mass is 32.2. The Morgan fingerprint density at radius 3 is 2.19 bits per heavy atom. The first-order valence-corrected chi connectivity index (χ1v) is 10.3. The summed E-state index contributed by atoms with van der Waals surface area (Å²) in [5.74, 6) is 0. The maximum absolute atomic E-state index is 12.7. The van der Waals surface area contributed by atoms with Crippen molar-refractivity contribution in [1.29, 1.82) is 0 Å². The second-order valence-corrected chi connectivity index (χ2v) is 8.50. The lowest BCUT2D eigenvalue weighted by Crippen LogP contribution is -2.29. The average molecular weight is 474 g/mol. The molecule has 1 N–H and O–H groups in total. The Labute approximate surface area is 175 Å². The van der Waals surface area contributed by atoms with Crippen LogP contribution >= 0.6 is 11.3 Å². The van der Waals surface area contributed by atoms with Crippen molar-refractivity contribution in [2.75, 3.05) is 4.72 Å². The van der Waals surface area contributed by atoms with Gasteiger partial charge in [-0.25, -0.2) is 4.98 Å². The molecular formula is C16H9F3N4O6S2. The van der Waals surface area contributed by atoms with Crippen LogP contribution in [0.25, 0.3) is 21.7 Å². The summed E-state index contributed by atoms with van der Waals surface area (Å²) >= 11 is 0.421. The van der Waals surface area contributed by atoms with Crippen LogP contribution in [0.15, 0.2) is 48.5 Å². The van der Waals surface area contributed by atoms with E-state index in [-0.39, 0.29) is 16.1 Å². The molecule has 0 aliphatic heterocycles. The van der Waals surface area contributed by atoms with Gasteiger partial charge in [0, 0.05) is 11.6 Å². The number of anilines is 1. The maximum Gasteiger partial charge on any atom is 0.516 e. The summed E-state index contributed by atoms with van der Waals surface area (Å²) in [6, 6.07) is 10.5. The number of rotatable bonds is 6. The topological polar surface area (TPSA) is 145 Å². The fourth-order valence-corrected chi connectivity index (χ4v) is 4.25. The van der Waals surface area contributed by atoms with Crippen molar-refractivity contribution in [3.05, 3.63) is 68.8 Å². The number of halogens is 3. The van der Waals surface area contributed by atoms with Crippen LogP contribution in [-0.4, -0.2) is 28.8 Å². The Morgan fingerprint density at radius 2 is 1.65 bits per heavy atom. The number of aromatic nitrogens is 1. The van der Waals surface area contributed by atoms with Crippen LogP contribution < -0.4 is 4.72 Å². The van der Waals surface area contributed by atoms with Gasteiger partial charge in [-0.3, -0.25) is 25.0 Å². The lowest BCUT2D eigenvalue weighted by Gasteiger charge is -2.07. The lowest BCUT2D eigenvalue weighted by atomic mass is 10.0.